The largest absolute Gasteiger partial charge is 0.485 e. The van der Waals surface area contributed by atoms with Crippen LogP contribution < -0.4 is 16.2 Å². The van der Waals surface area contributed by atoms with Crippen LogP contribution in [0.3, 0.4) is 0 Å². The second-order valence-electron chi connectivity index (χ2n) is 8.88. The first-order valence-corrected chi connectivity index (χ1v) is 9.82. The summed E-state index contributed by atoms with van der Waals surface area (Å²) in [5, 5.41) is 0. The number of carbonyl (C=O) groups excluding carboxylic acids is 2. The third-order valence-corrected chi connectivity index (χ3v) is 5.41. The standard InChI is InChI=1S/C23H27FN2O4/c1-6-13-14(7-8-15(18(13)24)20(27)29-21(26)28)12-9-16-19(17(25)10-12)30-23(4,5)11-22(16,2)3/h7-10H,6,11,25H2,1-5H3,(H2,26,28). The van der Waals surface area contributed by atoms with Crippen molar-refractivity contribution in [2.24, 2.45) is 5.73 Å². The van der Waals surface area contributed by atoms with Gasteiger partial charge in [0.25, 0.3) is 0 Å². The summed E-state index contributed by atoms with van der Waals surface area (Å²) >= 11 is 0. The smallest absolute Gasteiger partial charge is 0.412 e. The highest BCUT2D eigenvalue weighted by Gasteiger charge is 2.40. The summed E-state index contributed by atoms with van der Waals surface area (Å²) in [7, 11) is 0. The number of benzene rings is 2. The molecule has 0 bridgehead atoms. The van der Waals surface area contributed by atoms with Gasteiger partial charge in [-0.3, -0.25) is 0 Å². The van der Waals surface area contributed by atoms with Crippen molar-refractivity contribution >= 4 is 17.7 Å². The zero-order chi connectivity index (χ0) is 22.4. The van der Waals surface area contributed by atoms with Crippen LogP contribution in [0.25, 0.3) is 11.1 Å². The summed E-state index contributed by atoms with van der Waals surface area (Å²) in [6.45, 7) is 10.1. The van der Waals surface area contributed by atoms with Gasteiger partial charge in [0.1, 0.15) is 17.2 Å². The minimum atomic E-state index is -1.28. The Morgan fingerprint density at radius 3 is 2.47 bits per heavy atom. The van der Waals surface area contributed by atoms with Crippen molar-refractivity contribution in [2.75, 3.05) is 5.73 Å². The SMILES string of the molecule is CCc1c(-c2cc(N)c3c(c2)C(C)(C)CC(C)(C)O3)ccc(C(=O)OC(N)=O)c1F. The number of halogens is 1. The molecule has 2 aromatic rings. The molecule has 2 aromatic carbocycles. The van der Waals surface area contributed by atoms with Gasteiger partial charge in [0.15, 0.2) is 0 Å². The molecule has 6 nitrogen and oxygen atoms in total. The molecule has 0 radical (unpaired) electrons. The number of esters is 1. The lowest BCUT2D eigenvalue weighted by molar-refractivity contribution is 0.0543. The van der Waals surface area contributed by atoms with E-state index >= 15 is 4.39 Å². The maximum Gasteiger partial charge on any atom is 0.412 e. The Hall–Kier alpha value is -3.09. The molecule has 1 aliphatic heterocycles. The quantitative estimate of drug-likeness (QED) is 0.430. The zero-order valence-electron chi connectivity index (χ0n) is 17.9. The predicted molar refractivity (Wildman–Crippen MR) is 113 cm³/mol. The molecule has 7 heteroatoms. The third kappa shape index (κ3) is 3.84. The van der Waals surface area contributed by atoms with Crippen molar-refractivity contribution in [1.29, 1.82) is 0 Å². The molecule has 30 heavy (non-hydrogen) atoms. The fourth-order valence-electron chi connectivity index (χ4n) is 4.44. The number of carbonyl (C=O) groups is 2. The van der Waals surface area contributed by atoms with E-state index in [2.05, 4.69) is 18.6 Å². The van der Waals surface area contributed by atoms with Gasteiger partial charge in [-0.25, -0.2) is 14.0 Å². The van der Waals surface area contributed by atoms with E-state index in [0.717, 1.165) is 17.5 Å². The van der Waals surface area contributed by atoms with Gasteiger partial charge in [-0.2, -0.15) is 0 Å². The molecule has 0 unspecified atom stereocenters. The molecule has 0 fully saturated rings. The normalized spacial score (nSPS) is 16.3. The van der Waals surface area contributed by atoms with Crippen molar-refractivity contribution in [3.05, 3.63) is 46.8 Å². The predicted octanol–water partition coefficient (Wildman–Crippen LogP) is 4.71. The highest BCUT2D eigenvalue weighted by Crippen LogP contribution is 2.49. The summed E-state index contributed by atoms with van der Waals surface area (Å²) in [6, 6.07) is 6.64. The molecular formula is C23H27FN2O4. The van der Waals surface area contributed by atoms with Gasteiger partial charge >= 0.3 is 12.1 Å². The molecule has 0 aliphatic carbocycles. The van der Waals surface area contributed by atoms with Crippen LogP contribution in [0.1, 0.15) is 62.5 Å². The Morgan fingerprint density at radius 2 is 1.87 bits per heavy atom. The molecule has 0 spiro atoms. The summed E-state index contributed by atoms with van der Waals surface area (Å²) in [4.78, 5) is 22.8. The molecular weight excluding hydrogens is 387 g/mol. The maximum atomic E-state index is 15.1. The monoisotopic (exact) mass is 414 g/mol. The number of nitrogen functional groups attached to an aromatic ring is 1. The molecule has 160 valence electrons. The number of ether oxygens (including phenoxy) is 2. The lowest BCUT2D eigenvalue weighted by Gasteiger charge is -2.43. The summed E-state index contributed by atoms with van der Waals surface area (Å²) in [6.07, 6.45) is -0.167. The van der Waals surface area contributed by atoms with Gasteiger partial charge in [0, 0.05) is 5.56 Å². The summed E-state index contributed by atoms with van der Waals surface area (Å²) in [5.41, 5.74) is 13.4. The minimum absolute atomic E-state index is 0.197. The molecule has 1 amide bonds. The second-order valence-corrected chi connectivity index (χ2v) is 8.88. The van der Waals surface area contributed by atoms with E-state index in [1.165, 1.54) is 6.07 Å². The van der Waals surface area contributed by atoms with Crippen LogP contribution in [0.2, 0.25) is 0 Å². The summed E-state index contributed by atoms with van der Waals surface area (Å²) < 4.78 is 25.6. The number of rotatable bonds is 3. The molecule has 0 aromatic heterocycles. The van der Waals surface area contributed by atoms with Crippen LogP contribution in [0.4, 0.5) is 14.9 Å². The number of amides is 1. The number of nitrogens with two attached hydrogens (primary N) is 2. The van der Waals surface area contributed by atoms with Gasteiger partial charge in [-0.15, -0.1) is 0 Å². The Balaban J connectivity index is 2.16. The van der Waals surface area contributed by atoms with Gasteiger partial charge in [0.05, 0.1) is 11.3 Å². The van der Waals surface area contributed by atoms with E-state index in [4.69, 9.17) is 16.2 Å². The van der Waals surface area contributed by atoms with Gasteiger partial charge in [-0.05, 0) is 67.0 Å². The van der Waals surface area contributed by atoms with E-state index in [-0.39, 0.29) is 16.6 Å². The van der Waals surface area contributed by atoms with Crippen LogP contribution in [-0.2, 0) is 16.6 Å². The van der Waals surface area contributed by atoms with Crippen LogP contribution >= 0.6 is 0 Å². The molecule has 1 heterocycles. The van der Waals surface area contributed by atoms with Crippen LogP contribution in [0, 0.1) is 5.82 Å². The highest BCUT2D eigenvalue weighted by molar-refractivity contribution is 5.97. The number of hydrogen-bond donors (Lipinski definition) is 2. The number of anilines is 1. The second kappa shape index (κ2) is 7.31. The van der Waals surface area contributed by atoms with Crippen molar-refractivity contribution in [1.82, 2.24) is 0 Å². The topological polar surface area (TPSA) is 105 Å². The fourth-order valence-corrected chi connectivity index (χ4v) is 4.44. The van der Waals surface area contributed by atoms with E-state index in [9.17, 15) is 9.59 Å². The number of primary amides is 1. The van der Waals surface area contributed by atoms with Crippen LogP contribution in [0.5, 0.6) is 5.75 Å². The number of hydrogen-bond acceptors (Lipinski definition) is 5. The van der Waals surface area contributed by atoms with E-state index in [1.54, 1.807) is 19.1 Å². The first kappa shape index (κ1) is 21.6. The first-order valence-electron chi connectivity index (χ1n) is 9.82. The van der Waals surface area contributed by atoms with E-state index < -0.39 is 17.9 Å². The molecule has 0 atom stereocenters. The lowest BCUT2D eigenvalue weighted by Crippen LogP contribution is -2.41. The highest BCUT2D eigenvalue weighted by atomic mass is 19.1. The maximum absolute atomic E-state index is 15.1. The minimum Gasteiger partial charge on any atom is -0.485 e. The fraction of sp³-hybridized carbons (Fsp3) is 0.391. The third-order valence-electron chi connectivity index (χ3n) is 5.41. The molecule has 3 rings (SSSR count). The average molecular weight is 414 g/mol. The van der Waals surface area contributed by atoms with Crippen molar-refractivity contribution in [2.45, 2.75) is 58.5 Å². The summed E-state index contributed by atoms with van der Waals surface area (Å²) in [5.74, 6) is -1.21. The Kier molecular flexibility index (Phi) is 5.26. The zero-order valence-corrected chi connectivity index (χ0v) is 17.9. The van der Waals surface area contributed by atoms with Crippen LogP contribution in [0.15, 0.2) is 24.3 Å². The van der Waals surface area contributed by atoms with E-state index in [1.807, 2.05) is 19.9 Å². The molecule has 0 saturated carbocycles. The van der Waals surface area contributed by atoms with Crippen molar-refractivity contribution in [3.63, 3.8) is 0 Å². The van der Waals surface area contributed by atoms with Gasteiger partial charge in [0.2, 0.25) is 0 Å². The van der Waals surface area contributed by atoms with Gasteiger partial charge < -0.3 is 20.9 Å². The van der Waals surface area contributed by atoms with Crippen molar-refractivity contribution < 1.29 is 23.5 Å². The molecule has 0 saturated heterocycles. The molecule has 1 aliphatic rings. The van der Waals surface area contributed by atoms with E-state index in [0.29, 0.717) is 29.0 Å². The molecule has 4 N–H and O–H groups in total. The van der Waals surface area contributed by atoms with Crippen molar-refractivity contribution in [3.8, 4) is 16.9 Å². The first-order chi connectivity index (χ1) is 13.9. The van der Waals surface area contributed by atoms with Gasteiger partial charge in [-0.1, -0.05) is 26.8 Å². The Labute approximate surface area is 175 Å². The average Bonchev–Trinajstić information content (AvgIpc) is 2.60. The Morgan fingerprint density at radius 1 is 1.20 bits per heavy atom. The van der Waals surface area contributed by atoms with Crippen LogP contribution in [-0.4, -0.2) is 17.7 Å². The lowest BCUT2D eigenvalue weighted by atomic mass is 9.72. The number of fused-ring (bicyclic) bond motifs is 1. The Bertz CT molecular complexity index is 1040.